The lowest BCUT2D eigenvalue weighted by Gasteiger charge is -2.33. The van der Waals surface area contributed by atoms with Crippen molar-refractivity contribution in [1.82, 2.24) is 9.62 Å². The number of hydrogen-bond acceptors (Lipinski definition) is 3. The van der Waals surface area contributed by atoms with Gasteiger partial charge < -0.3 is 5.32 Å². The van der Waals surface area contributed by atoms with Crippen molar-refractivity contribution < 1.29 is 13.2 Å². The van der Waals surface area contributed by atoms with E-state index in [9.17, 15) is 13.2 Å². The summed E-state index contributed by atoms with van der Waals surface area (Å²) in [6, 6.07) is 4.92. The van der Waals surface area contributed by atoms with Crippen LogP contribution in [0, 0.1) is 12.8 Å². The lowest BCUT2D eigenvalue weighted by Crippen LogP contribution is -2.48. The van der Waals surface area contributed by atoms with E-state index in [-0.39, 0.29) is 22.8 Å². The average Bonchev–Trinajstić information content (AvgIpc) is 2.65. The van der Waals surface area contributed by atoms with E-state index in [1.165, 1.54) is 16.8 Å². The van der Waals surface area contributed by atoms with E-state index in [0.29, 0.717) is 31.0 Å². The fourth-order valence-electron chi connectivity index (χ4n) is 3.81. The van der Waals surface area contributed by atoms with E-state index < -0.39 is 10.0 Å². The first-order valence-electron chi connectivity index (χ1n) is 9.44. The highest BCUT2D eigenvalue weighted by atomic mass is 35.5. The highest BCUT2D eigenvalue weighted by Crippen LogP contribution is 2.26. The topological polar surface area (TPSA) is 66.5 Å². The molecule has 0 atom stereocenters. The fourth-order valence-corrected chi connectivity index (χ4v) is 5.55. The number of carbonyl (C=O) groups is 1. The van der Waals surface area contributed by atoms with E-state index in [1.807, 2.05) is 6.92 Å². The average molecular weight is 399 g/mol. The molecular weight excluding hydrogens is 372 g/mol. The lowest BCUT2D eigenvalue weighted by atomic mass is 9.88. The molecule has 144 valence electrons. The third kappa shape index (κ3) is 4.41. The monoisotopic (exact) mass is 398 g/mol. The van der Waals surface area contributed by atoms with Crippen molar-refractivity contribution in [3.05, 3.63) is 28.8 Å². The van der Waals surface area contributed by atoms with Gasteiger partial charge in [0.1, 0.15) is 0 Å². The maximum atomic E-state index is 12.8. The van der Waals surface area contributed by atoms with Crippen LogP contribution >= 0.6 is 11.6 Å². The summed E-state index contributed by atoms with van der Waals surface area (Å²) in [6.45, 7) is 2.69. The molecule has 1 amide bonds. The van der Waals surface area contributed by atoms with Crippen molar-refractivity contribution in [1.29, 1.82) is 0 Å². The summed E-state index contributed by atoms with van der Waals surface area (Å²) in [7, 11) is -3.54. The first-order valence-corrected chi connectivity index (χ1v) is 11.3. The molecule has 2 aliphatic rings. The van der Waals surface area contributed by atoms with Crippen LogP contribution in [-0.2, 0) is 14.8 Å². The molecule has 1 saturated carbocycles. The van der Waals surface area contributed by atoms with Crippen molar-refractivity contribution in [3.63, 3.8) is 0 Å². The van der Waals surface area contributed by atoms with Crippen LogP contribution in [0.25, 0.3) is 0 Å². The maximum absolute atomic E-state index is 12.8. The van der Waals surface area contributed by atoms with Gasteiger partial charge in [0, 0.05) is 30.1 Å². The molecule has 1 aromatic carbocycles. The molecule has 1 aliphatic heterocycles. The summed E-state index contributed by atoms with van der Waals surface area (Å²) < 4.78 is 27.1. The van der Waals surface area contributed by atoms with Gasteiger partial charge >= 0.3 is 0 Å². The Labute approximate surface area is 161 Å². The van der Waals surface area contributed by atoms with Gasteiger partial charge in [0.15, 0.2) is 0 Å². The minimum absolute atomic E-state index is 0.0671. The minimum Gasteiger partial charge on any atom is -0.353 e. The maximum Gasteiger partial charge on any atom is 0.243 e. The van der Waals surface area contributed by atoms with E-state index in [2.05, 4.69) is 5.32 Å². The van der Waals surface area contributed by atoms with Gasteiger partial charge in [0.25, 0.3) is 0 Å². The number of aryl methyl sites for hydroxylation is 1. The number of piperidine rings is 1. The number of amides is 1. The zero-order valence-corrected chi connectivity index (χ0v) is 16.8. The fraction of sp³-hybridized carbons (Fsp3) is 0.632. The summed E-state index contributed by atoms with van der Waals surface area (Å²) in [4.78, 5) is 12.6. The van der Waals surface area contributed by atoms with Crippen LogP contribution in [0.3, 0.4) is 0 Å². The van der Waals surface area contributed by atoms with Crippen LogP contribution in [0.2, 0.25) is 5.02 Å². The molecule has 1 aromatic rings. The van der Waals surface area contributed by atoms with E-state index in [4.69, 9.17) is 11.6 Å². The second-order valence-corrected chi connectivity index (χ2v) is 9.78. The summed E-state index contributed by atoms with van der Waals surface area (Å²) in [5.41, 5.74) is 0.856. The predicted molar refractivity (Wildman–Crippen MR) is 103 cm³/mol. The molecule has 1 saturated heterocycles. The summed E-state index contributed by atoms with van der Waals surface area (Å²) in [6.07, 6.45) is 6.75. The number of benzene rings is 1. The Morgan fingerprint density at radius 1 is 1.12 bits per heavy atom. The Bertz CT molecular complexity index is 752. The van der Waals surface area contributed by atoms with Gasteiger partial charge in [0.05, 0.1) is 4.90 Å². The molecule has 0 spiro atoms. The molecule has 1 aliphatic carbocycles. The molecular formula is C19H27ClN2O3S. The standard InChI is InChI=1S/C19H27ClN2O3S/c1-14-7-8-17(13-18(14)20)26(24,25)22-11-9-16(10-12-22)21-19(23)15-5-3-2-4-6-15/h7-8,13,15-16H,2-6,9-12H2,1H3,(H,21,23). The Kier molecular flexibility index (Phi) is 6.25. The molecule has 0 bridgehead atoms. The van der Waals surface area contributed by atoms with Gasteiger partial charge in [-0.1, -0.05) is 36.9 Å². The molecule has 0 unspecified atom stereocenters. The zero-order chi connectivity index (χ0) is 18.7. The van der Waals surface area contributed by atoms with Crippen LogP contribution in [0.1, 0.15) is 50.5 Å². The predicted octanol–water partition coefficient (Wildman–Crippen LogP) is 3.50. The first kappa shape index (κ1) is 19.6. The van der Waals surface area contributed by atoms with Gasteiger partial charge in [-0.25, -0.2) is 8.42 Å². The van der Waals surface area contributed by atoms with E-state index >= 15 is 0 Å². The molecule has 3 rings (SSSR count). The number of hydrogen-bond donors (Lipinski definition) is 1. The summed E-state index contributed by atoms with van der Waals surface area (Å²) in [5, 5.41) is 3.59. The number of sulfonamides is 1. The number of halogens is 1. The number of nitrogens with one attached hydrogen (secondary N) is 1. The highest BCUT2D eigenvalue weighted by molar-refractivity contribution is 7.89. The molecule has 1 N–H and O–H groups in total. The number of nitrogens with zero attached hydrogens (tertiary/aromatic N) is 1. The van der Waals surface area contributed by atoms with E-state index in [1.54, 1.807) is 12.1 Å². The quantitative estimate of drug-likeness (QED) is 0.844. The van der Waals surface area contributed by atoms with Gasteiger partial charge in [-0.2, -0.15) is 4.31 Å². The Morgan fingerprint density at radius 3 is 2.38 bits per heavy atom. The van der Waals surface area contributed by atoms with Gasteiger partial charge in [-0.3, -0.25) is 4.79 Å². The smallest absolute Gasteiger partial charge is 0.243 e. The largest absolute Gasteiger partial charge is 0.353 e. The summed E-state index contributed by atoms with van der Waals surface area (Å²) >= 11 is 6.08. The van der Waals surface area contributed by atoms with Gasteiger partial charge in [-0.05, 0) is 50.3 Å². The number of carbonyl (C=O) groups excluding carboxylic acids is 1. The SMILES string of the molecule is Cc1ccc(S(=O)(=O)N2CCC(NC(=O)C3CCCCC3)CC2)cc1Cl. The second-order valence-electron chi connectivity index (χ2n) is 7.43. The van der Waals surface area contributed by atoms with Gasteiger partial charge in [-0.15, -0.1) is 0 Å². The van der Waals surface area contributed by atoms with Crippen molar-refractivity contribution >= 4 is 27.5 Å². The normalized spacial score (nSPS) is 20.8. The third-order valence-electron chi connectivity index (χ3n) is 5.56. The van der Waals surface area contributed by atoms with Crippen LogP contribution in [0.15, 0.2) is 23.1 Å². The molecule has 0 aromatic heterocycles. The molecule has 1 heterocycles. The van der Waals surface area contributed by atoms with Crippen molar-refractivity contribution in [2.75, 3.05) is 13.1 Å². The molecule has 7 heteroatoms. The van der Waals surface area contributed by atoms with Crippen LogP contribution in [0.5, 0.6) is 0 Å². The van der Waals surface area contributed by atoms with Crippen molar-refractivity contribution in [2.24, 2.45) is 5.92 Å². The lowest BCUT2D eigenvalue weighted by molar-refractivity contribution is -0.126. The summed E-state index contributed by atoms with van der Waals surface area (Å²) in [5.74, 6) is 0.288. The first-order chi connectivity index (χ1) is 12.4. The molecule has 5 nitrogen and oxygen atoms in total. The molecule has 26 heavy (non-hydrogen) atoms. The van der Waals surface area contributed by atoms with Crippen molar-refractivity contribution in [2.45, 2.75) is 62.8 Å². The zero-order valence-electron chi connectivity index (χ0n) is 15.2. The molecule has 0 radical (unpaired) electrons. The number of rotatable bonds is 4. The third-order valence-corrected chi connectivity index (χ3v) is 7.86. The Hall–Kier alpha value is -1.11. The van der Waals surface area contributed by atoms with E-state index in [0.717, 1.165) is 31.2 Å². The van der Waals surface area contributed by atoms with Crippen LogP contribution in [-0.4, -0.2) is 37.8 Å². The Balaban J connectivity index is 1.57. The second kappa shape index (κ2) is 8.28. The Morgan fingerprint density at radius 2 is 1.77 bits per heavy atom. The van der Waals surface area contributed by atoms with Crippen molar-refractivity contribution in [3.8, 4) is 0 Å². The minimum atomic E-state index is -3.54. The van der Waals surface area contributed by atoms with Crippen LogP contribution < -0.4 is 5.32 Å². The van der Waals surface area contributed by atoms with Gasteiger partial charge in [0.2, 0.25) is 15.9 Å². The van der Waals surface area contributed by atoms with Crippen LogP contribution in [0.4, 0.5) is 0 Å². The molecule has 2 fully saturated rings. The highest BCUT2D eigenvalue weighted by Gasteiger charge is 2.31.